The van der Waals surface area contributed by atoms with Crippen molar-refractivity contribution >= 4 is 49.9 Å². The Labute approximate surface area is 170 Å². The molecule has 5 nitrogen and oxygen atoms in total. The number of aromatic amines is 1. The summed E-state index contributed by atoms with van der Waals surface area (Å²) in [4.78, 5) is 7.26. The Bertz CT molecular complexity index is 1290. The molecule has 142 valence electrons. The number of imidazole rings is 1. The molecule has 28 heavy (non-hydrogen) atoms. The van der Waals surface area contributed by atoms with Crippen LogP contribution in [0.5, 0.6) is 0 Å². The molecule has 0 radical (unpaired) electrons. The van der Waals surface area contributed by atoms with E-state index in [1.807, 2.05) is 0 Å². The van der Waals surface area contributed by atoms with Gasteiger partial charge in [0.25, 0.3) is 10.0 Å². The van der Waals surface area contributed by atoms with E-state index in [-0.39, 0.29) is 32.0 Å². The number of H-pyrrole nitrogens is 1. The van der Waals surface area contributed by atoms with Crippen LogP contribution in [0.15, 0.2) is 65.6 Å². The van der Waals surface area contributed by atoms with Crippen molar-refractivity contribution in [2.24, 2.45) is 0 Å². The number of hydrogen-bond acceptors (Lipinski definition) is 3. The lowest BCUT2D eigenvalue weighted by molar-refractivity contribution is 0.601. The molecule has 1 heterocycles. The monoisotopic (exact) mass is 435 g/mol. The number of sulfonamides is 1. The Morgan fingerprint density at radius 1 is 0.964 bits per heavy atom. The Morgan fingerprint density at radius 2 is 1.71 bits per heavy atom. The molecule has 0 fully saturated rings. The van der Waals surface area contributed by atoms with Crippen molar-refractivity contribution in [1.29, 1.82) is 0 Å². The minimum atomic E-state index is -3.89. The molecular formula is C19H12Cl2FN3O2S. The summed E-state index contributed by atoms with van der Waals surface area (Å²) in [6.07, 6.45) is 0. The van der Waals surface area contributed by atoms with Crippen molar-refractivity contribution in [1.82, 2.24) is 9.97 Å². The van der Waals surface area contributed by atoms with Gasteiger partial charge in [-0.05, 0) is 42.5 Å². The molecule has 0 aliphatic rings. The number of para-hydroxylation sites is 1. The summed E-state index contributed by atoms with van der Waals surface area (Å²) in [5.41, 5.74) is 1.30. The second-order valence-electron chi connectivity index (χ2n) is 5.95. The number of aromatic nitrogens is 2. The van der Waals surface area contributed by atoms with Crippen molar-refractivity contribution in [2.45, 2.75) is 4.90 Å². The number of fused-ring (bicyclic) bond motifs is 1. The summed E-state index contributed by atoms with van der Waals surface area (Å²) in [5.74, 6) is -0.313. The summed E-state index contributed by atoms with van der Waals surface area (Å²) in [6.45, 7) is 0. The lowest BCUT2D eigenvalue weighted by Gasteiger charge is -2.09. The van der Waals surface area contributed by atoms with E-state index < -0.39 is 15.8 Å². The molecule has 4 aromatic rings. The topological polar surface area (TPSA) is 74.8 Å². The quantitative estimate of drug-likeness (QED) is 0.445. The first kappa shape index (κ1) is 18.7. The molecule has 0 saturated heterocycles. The number of anilines is 1. The maximum absolute atomic E-state index is 14.2. The maximum atomic E-state index is 14.2. The van der Waals surface area contributed by atoms with Crippen LogP contribution in [0.3, 0.4) is 0 Å². The van der Waals surface area contributed by atoms with Crippen LogP contribution in [0, 0.1) is 5.82 Å². The second kappa shape index (κ2) is 7.09. The molecule has 0 unspecified atom stereocenters. The first-order chi connectivity index (χ1) is 13.3. The molecular weight excluding hydrogens is 424 g/mol. The first-order valence-electron chi connectivity index (χ1n) is 8.07. The molecule has 0 aliphatic carbocycles. The normalized spacial score (nSPS) is 11.7. The SMILES string of the molecule is O=S(=O)(Nc1ccccc1Cl)c1ccc2[nH]c(-c3c(F)cccc3Cl)nc2c1. The van der Waals surface area contributed by atoms with Gasteiger partial charge >= 0.3 is 0 Å². The van der Waals surface area contributed by atoms with Crippen LogP contribution in [0.1, 0.15) is 0 Å². The average molecular weight is 436 g/mol. The van der Waals surface area contributed by atoms with E-state index in [9.17, 15) is 12.8 Å². The molecule has 0 bridgehead atoms. The number of nitrogens with zero attached hydrogens (tertiary/aromatic N) is 1. The van der Waals surface area contributed by atoms with Gasteiger partial charge in [-0.3, -0.25) is 4.72 Å². The molecule has 4 rings (SSSR count). The first-order valence-corrected chi connectivity index (χ1v) is 10.3. The third kappa shape index (κ3) is 3.44. The van der Waals surface area contributed by atoms with Gasteiger partial charge in [0.15, 0.2) is 0 Å². The fourth-order valence-electron chi connectivity index (χ4n) is 2.74. The van der Waals surface area contributed by atoms with Crippen molar-refractivity contribution in [3.05, 3.63) is 76.5 Å². The van der Waals surface area contributed by atoms with E-state index >= 15 is 0 Å². The highest BCUT2D eigenvalue weighted by molar-refractivity contribution is 7.92. The number of halogens is 3. The van der Waals surface area contributed by atoms with E-state index in [1.165, 1.54) is 24.3 Å². The largest absolute Gasteiger partial charge is 0.338 e. The summed E-state index contributed by atoms with van der Waals surface area (Å²) in [7, 11) is -3.89. The number of nitrogens with one attached hydrogen (secondary N) is 2. The van der Waals surface area contributed by atoms with Gasteiger partial charge in [-0.15, -0.1) is 0 Å². The Kier molecular flexibility index (Phi) is 4.74. The van der Waals surface area contributed by atoms with E-state index in [4.69, 9.17) is 23.2 Å². The van der Waals surface area contributed by atoms with Gasteiger partial charge in [-0.1, -0.05) is 41.4 Å². The van der Waals surface area contributed by atoms with E-state index in [0.717, 1.165) is 0 Å². The standard InChI is InChI=1S/C19H12Cl2FN3O2S/c20-12-4-1-2-7-15(12)25-28(26,27)11-8-9-16-17(10-11)24-19(23-16)18-13(21)5-3-6-14(18)22/h1-10,25H,(H,23,24). The molecule has 3 aromatic carbocycles. The van der Waals surface area contributed by atoms with E-state index in [1.54, 1.807) is 36.4 Å². The smallest absolute Gasteiger partial charge is 0.262 e. The van der Waals surface area contributed by atoms with Gasteiger partial charge in [-0.2, -0.15) is 0 Å². The zero-order valence-corrected chi connectivity index (χ0v) is 16.4. The maximum Gasteiger partial charge on any atom is 0.262 e. The average Bonchev–Trinajstić information content (AvgIpc) is 3.06. The lowest BCUT2D eigenvalue weighted by atomic mass is 10.2. The van der Waals surface area contributed by atoms with Gasteiger partial charge in [0, 0.05) is 0 Å². The van der Waals surface area contributed by atoms with Crippen LogP contribution in [0.2, 0.25) is 10.0 Å². The molecule has 9 heteroatoms. The molecule has 0 saturated carbocycles. The molecule has 0 atom stereocenters. The predicted octanol–water partition coefficient (Wildman–Crippen LogP) is 5.48. The van der Waals surface area contributed by atoms with Gasteiger partial charge in [-0.25, -0.2) is 17.8 Å². The summed E-state index contributed by atoms with van der Waals surface area (Å²) >= 11 is 12.1. The van der Waals surface area contributed by atoms with E-state index in [2.05, 4.69) is 14.7 Å². The highest BCUT2D eigenvalue weighted by Gasteiger charge is 2.19. The van der Waals surface area contributed by atoms with Crippen LogP contribution in [-0.4, -0.2) is 18.4 Å². The van der Waals surface area contributed by atoms with Gasteiger partial charge in [0.05, 0.1) is 37.2 Å². The summed E-state index contributed by atoms with van der Waals surface area (Å²) in [5, 5.41) is 0.482. The fraction of sp³-hybridized carbons (Fsp3) is 0. The third-order valence-corrected chi connectivity index (χ3v) is 6.09. The molecule has 1 aromatic heterocycles. The van der Waals surface area contributed by atoms with Crippen LogP contribution in [0.4, 0.5) is 10.1 Å². The predicted molar refractivity (Wildman–Crippen MR) is 109 cm³/mol. The van der Waals surface area contributed by atoms with Crippen LogP contribution in [0.25, 0.3) is 22.4 Å². The van der Waals surface area contributed by atoms with Gasteiger partial charge in [0.2, 0.25) is 0 Å². The lowest BCUT2D eigenvalue weighted by Crippen LogP contribution is -2.13. The zero-order valence-electron chi connectivity index (χ0n) is 14.1. The molecule has 0 amide bonds. The fourth-order valence-corrected chi connectivity index (χ4v) is 4.33. The highest BCUT2D eigenvalue weighted by Crippen LogP contribution is 2.31. The third-order valence-electron chi connectivity index (χ3n) is 4.08. The zero-order chi connectivity index (χ0) is 19.9. The number of rotatable bonds is 4. The Morgan fingerprint density at radius 3 is 2.46 bits per heavy atom. The Balaban J connectivity index is 1.75. The van der Waals surface area contributed by atoms with Crippen molar-refractivity contribution in [3.8, 4) is 11.4 Å². The Hall–Kier alpha value is -2.61. The van der Waals surface area contributed by atoms with Crippen molar-refractivity contribution in [3.63, 3.8) is 0 Å². The summed E-state index contributed by atoms with van der Waals surface area (Å²) < 4.78 is 42.0. The van der Waals surface area contributed by atoms with Gasteiger partial charge < -0.3 is 4.98 Å². The highest BCUT2D eigenvalue weighted by atomic mass is 35.5. The minimum Gasteiger partial charge on any atom is -0.338 e. The second-order valence-corrected chi connectivity index (χ2v) is 8.44. The molecule has 0 aliphatic heterocycles. The van der Waals surface area contributed by atoms with Gasteiger partial charge in [0.1, 0.15) is 11.6 Å². The van der Waals surface area contributed by atoms with Crippen LogP contribution >= 0.6 is 23.2 Å². The number of hydrogen-bond donors (Lipinski definition) is 2. The summed E-state index contributed by atoms with van der Waals surface area (Å²) in [6, 6.07) is 15.2. The van der Waals surface area contributed by atoms with Crippen molar-refractivity contribution < 1.29 is 12.8 Å². The van der Waals surface area contributed by atoms with Crippen LogP contribution < -0.4 is 4.72 Å². The van der Waals surface area contributed by atoms with Crippen molar-refractivity contribution in [2.75, 3.05) is 4.72 Å². The minimum absolute atomic E-state index is 0.00222. The van der Waals surface area contributed by atoms with E-state index in [0.29, 0.717) is 11.0 Å². The molecule has 0 spiro atoms. The molecule has 2 N–H and O–H groups in total. The number of benzene rings is 3. The van der Waals surface area contributed by atoms with Crippen LogP contribution in [-0.2, 0) is 10.0 Å².